The van der Waals surface area contributed by atoms with E-state index in [9.17, 15) is 0 Å². The summed E-state index contributed by atoms with van der Waals surface area (Å²) in [5.41, 5.74) is 8.58. The van der Waals surface area contributed by atoms with Gasteiger partial charge >= 0.3 is 0 Å². The van der Waals surface area contributed by atoms with E-state index in [0.29, 0.717) is 0 Å². The minimum atomic E-state index is -0.112. The molecule has 0 saturated heterocycles. The lowest BCUT2D eigenvalue weighted by molar-refractivity contribution is 0.676. The summed E-state index contributed by atoms with van der Waals surface area (Å²) in [6.07, 6.45) is 1.78. The number of halogens is 1. The van der Waals surface area contributed by atoms with E-state index >= 15 is 0 Å². The molecule has 2 aromatic heterocycles. The smallest absolute Gasteiger partial charge is 0.0828 e. The molecule has 0 aromatic carbocycles. The van der Waals surface area contributed by atoms with Gasteiger partial charge in [-0.2, -0.15) is 5.10 Å². The highest BCUT2D eigenvalue weighted by molar-refractivity contribution is 9.10. The molecule has 1 atom stereocenters. The highest BCUT2D eigenvalue weighted by Gasteiger charge is 2.18. The van der Waals surface area contributed by atoms with Crippen molar-refractivity contribution in [1.82, 2.24) is 9.78 Å². The van der Waals surface area contributed by atoms with Gasteiger partial charge in [0.2, 0.25) is 0 Å². The summed E-state index contributed by atoms with van der Waals surface area (Å²) < 4.78 is 2.78. The lowest BCUT2D eigenvalue weighted by Crippen LogP contribution is -2.15. The number of hydrogen-bond acceptors (Lipinski definition) is 3. The van der Waals surface area contributed by atoms with Crippen LogP contribution in [0.3, 0.4) is 0 Å². The molecule has 2 rings (SSSR count). The highest BCUT2D eigenvalue weighted by Crippen LogP contribution is 2.32. The van der Waals surface area contributed by atoms with Gasteiger partial charge in [-0.1, -0.05) is 0 Å². The van der Waals surface area contributed by atoms with Crippen LogP contribution in [0.2, 0.25) is 0 Å². The topological polar surface area (TPSA) is 43.8 Å². The van der Waals surface area contributed by atoms with Crippen LogP contribution in [0.1, 0.15) is 27.1 Å². The van der Waals surface area contributed by atoms with Gasteiger partial charge in [0, 0.05) is 16.8 Å². The Kier molecular flexibility index (Phi) is 3.19. The quantitative estimate of drug-likeness (QED) is 0.926. The van der Waals surface area contributed by atoms with Crippen LogP contribution in [-0.4, -0.2) is 9.78 Å². The van der Waals surface area contributed by atoms with E-state index in [1.54, 1.807) is 17.5 Å². The Morgan fingerprint density at radius 1 is 1.50 bits per heavy atom. The van der Waals surface area contributed by atoms with E-state index in [1.165, 1.54) is 15.3 Å². The van der Waals surface area contributed by atoms with Crippen LogP contribution in [-0.2, 0) is 7.05 Å². The molecule has 0 aliphatic carbocycles. The van der Waals surface area contributed by atoms with Gasteiger partial charge in [-0.3, -0.25) is 4.68 Å². The number of aryl methyl sites for hydroxylation is 3. The van der Waals surface area contributed by atoms with Crippen LogP contribution >= 0.6 is 27.3 Å². The molecule has 0 amide bonds. The van der Waals surface area contributed by atoms with Crippen molar-refractivity contribution in [3.63, 3.8) is 0 Å². The van der Waals surface area contributed by atoms with E-state index in [-0.39, 0.29) is 6.04 Å². The van der Waals surface area contributed by atoms with Crippen molar-refractivity contribution in [3.05, 3.63) is 37.7 Å². The van der Waals surface area contributed by atoms with E-state index in [4.69, 9.17) is 5.73 Å². The molecule has 2 N–H and O–H groups in total. The van der Waals surface area contributed by atoms with Crippen molar-refractivity contribution >= 4 is 27.3 Å². The van der Waals surface area contributed by atoms with Crippen molar-refractivity contribution in [2.45, 2.75) is 19.9 Å². The number of hydrogen-bond donors (Lipinski definition) is 1. The predicted molar refractivity (Wildman–Crippen MR) is 70.7 cm³/mol. The maximum absolute atomic E-state index is 6.26. The Labute approximate surface area is 107 Å². The Bertz CT molecular complexity index is 476. The molecule has 0 aliphatic heterocycles. The first kappa shape index (κ1) is 11.8. The second-order valence-electron chi connectivity index (χ2n) is 3.87. The number of aromatic nitrogens is 2. The fraction of sp³-hybridized carbons (Fsp3) is 0.364. The lowest BCUT2D eigenvalue weighted by atomic mass is 10.1. The maximum atomic E-state index is 6.26. The molecule has 2 aromatic rings. The third-order valence-corrected chi connectivity index (χ3v) is 4.57. The van der Waals surface area contributed by atoms with Crippen molar-refractivity contribution in [3.8, 4) is 0 Å². The van der Waals surface area contributed by atoms with Gasteiger partial charge < -0.3 is 5.73 Å². The van der Waals surface area contributed by atoms with E-state index in [0.717, 1.165) is 10.2 Å². The van der Waals surface area contributed by atoms with Crippen LogP contribution < -0.4 is 5.73 Å². The Balaban J connectivity index is 2.42. The van der Waals surface area contributed by atoms with Crippen molar-refractivity contribution in [2.75, 3.05) is 0 Å². The molecule has 0 spiro atoms. The summed E-state index contributed by atoms with van der Waals surface area (Å²) in [5.74, 6) is 0. The SMILES string of the molecule is Cc1cc(C(N)c2c(Br)cnn2C)sc1C. The zero-order valence-electron chi connectivity index (χ0n) is 9.49. The summed E-state index contributed by atoms with van der Waals surface area (Å²) in [6, 6.07) is 2.05. The van der Waals surface area contributed by atoms with Crippen molar-refractivity contribution < 1.29 is 0 Å². The van der Waals surface area contributed by atoms with E-state index in [2.05, 4.69) is 40.9 Å². The average Bonchev–Trinajstić information content (AvgIpc) is 2.72. The van der Waals surface area contributed by atoms with Gasteiger partial charge in [0.25, 0.3) is 0 Å². The second-order valence-corrected chi connectivity index (χ2v) is 6.01. The minimum absolute atomic E-state index is 0.112. The molecule has 86 valence electrons. The molecule has 3 nitrogen and oxygen atoms in total. The van der Waals surface area contributed by atoms with Crippen molar-refractivity contribution in [2.24, 2.45) is 12.8 Å². The van der Waals surface area contributed by atoms with Crippen LogP contribution in [0, 0.1) is 13.8 Å². The molecule has 2 heterocycles. The van der Waals surface area contributed by atoms with Crippen LogP contribution in [0.5, 0.6) is 0 Å². The van der Waals surface area contributed by atoms with Crippen LogP contribution in [0.15, 0.2) is 16.7 Å². The molecule has 0 aliphatic rings. The first-order valence-corrected chi connectivity index (χ1v) is 6.61. The summed E-state index contributed by atoms with van der Waals surface area (Å²) in [4.78, 5) is 2.50. The fourth-order valence-electron chi connectivity index (χ4n) is 1.66. The van der Waals surface area contributed by atoms with Gasteiger partial charge in [-0.15, -0.1) is 11.3 Å². The molecule has 0 bridgehead atoms. The summed E-state index contributed by atoms with van der Waals surface area (Å²) in [7, 11) is 1.91. The number of nitrogens with zero attached hydrogens (tertiary/aromatic N) is 2. The molecule has 0 radical (unpaired) electrons. The number of thiophene rings is 1. The molecule has 16 heavy (non-hydrogen) atoms. The van der Waals surface area contributed by atoms with Gasteiger partial charge in [-0.25, -0.2) is 0 Å². The number of nitrogens with two attached hydrogens (primary N) is 1. The van der Waals surface area contributed by atoms with Crippen molar-refractivity contribution in [1.29, 1.82) is 0 Å². The third-order valence-electron chi connectivity index (χ3n) is 2.72. The molecular formula is C11H14BrN3S. The fourth-order valence-corrected chi connectivity index (χ4v) is 3.30. The summed E-state index contributed by atoms with van der Waals surface area (Å²) in [5, 5.41) is 4.19. The molecule has 1 unspecified atom stereocenters. The van der Waals surface area contributed by atoms with E-state index in [1.807, 2.05) is 11.7 Å². The van der Waals surface area contributed by atoms with Gasteiger partial charge in [0.15, 0.2) is 0 Å². The molecular weight excluding hydrogens is 286 g/mol. The first-order chi connectivity index (χ1) is 7.50. The zero-order chi connectivity index (χ0) is 11.9. The van der Waals surface area contributed by atoms with Gasteiger partial charge in [0.05, 0.1) is 22.4 Å². The van der Waals surface area contributed by atoms with Crippen LogP contribution in [0.25, 0.3) is 0 Å². The Morgan fingerprint density at radius 3 is 2.62 bits per heavy atom. The normalized spacial score (nSPS) is 13.1. The highest BCUT2D eigenvalue weighted by atomic mass is 79.9. The summed E-state index contributed by atoms with van der Waals surface area (Å²) in [6.45, 7) is 4.23. The maximum Gasteiger partial charge on any atom is 0.0828 e. The lowest BCUT2D eigenvalue weighted by Gasteiger charge is -2.10. The Morgan fingerprint density at radius 2 is 2.19 bits per heavy atom. The van der Waals surface area contributed by atoms with Gasteiger partial charge in [-0.05, 0) is 41.4 Å². The van der Waals surface area contributed by atoms with Gasteiger partial charge in [0.1, 0.15) is 0 Å². The first-order valence-electron chi connectivity index (χ1n) is 5.00. The predicted octanol–water partition coefficient (Wildman–Crippen LogP) is 2.91. The van der Waals surface area contributed by atoms with Crippen LogP contribution in [0.4, 0.5) is 0 Å². The van der Waals surface area contributed by atoms with E-state index < -0.39 is 0 Å². The average molecular weight is 300 g/mol. The molecule has 5 heteroatoms. The third kappa shape index (κ3) is 1.95. The largest absolute Gasteiger partial charge is 0.318 e. The number of rotatable bonds is 2. The standard InChI is InChI=1S/C11H14BrN3S/c1-6-4-9(16-7(6)2)10(13)11-8(12)5-14-15(11)3/h4-5,10H,13H2,1-3H3. The minimum Gasteiger partial charge on any atom is -0.318 e. The Hall–Kier alpha value is -0.650. The molecule has 0 saturated carbocycles. The zero-order valence-corrected chi connectivity index (χ0v) is 11.9. The monoisotopic (exact) mass is 299 g/mol. The second kappa shape index (κ2) is 4.31. The summed E-state index contributed by atoms with van der Waals surface area (Å²) >= 11 is 5.23. The molecule has 0 fully saturated rings.